The standard InChI is InChI=1S/C14H18BrN3O/c15-10-6-9(7-17-8-10)14-12(16)2-1-3-13(19)18(14)11-4-5-11/h6-8,11-12,14H,1-5,16H2. The van der Waals surface area contributed by atoms with Crippen molar-refractivity contribution in [1.82, 2.24) is 9.88 Å². The smallest absolute Gasteiger partial charge is 0.223 e. The number of rotatable bonds is 2. The summed E-state index contributed by atoms with van der Waals surface area (Å²) in [5, 5.41) is 0. The maximum Gasteiger partial charge on any atom is 0.223 e. The number of hydrogen-bond donors (Lipinski definition) is 1. The first-order valence-electron chi connectivity index (χ1n) is 6.84. The molecule has 0 bridgehead atoms. The molecule has 2 unspecified atom stereocenters. The Morgan fingerprint density at radius 1 is 1.32 bits per heavy atom. The van der Waals surface area contributed by atoms with Crippen LogP contribution in [-0.4, -0.2) is 27.9 Å². The predicted octanol–water partition coefficient (Wildman–Crippen LogP) is 2.39. The van der Waals surface area contributed by atoms with Gasteiger partial charge in [0.2, 0.25) is 5.91 Å². The Bertz CT molecular complexity index is 489. The zero-order valence-electron chi connectivity index (χ0n) is 10.8. The van der Waals surface area contributed by atoms with E-state index < -0.39 is 0 Å². The van der Waals surface area contributed by atoms with Gasteiger partial charge in [-0.3, -0.25) is 9.78 Å². The molecule has 1 amide bonds. The van der Waals surface area contributed by atoms with E-state index in [1.54, 1.807) is 6.20 Å². The molecule has 0 radical (unpaired) electrons. The molecule has 2 atom stereocenters. The number of hydrogen-bond acceptors (Lipinski definition) is 3. The topological polar surface area (TPSA) is 59.2 Å². The van der Waals surface area contributed by atoms with Crippen LogP contribution in [0.1, 0.15) is 43.7 Å². The van der Waals surface area contributed by atoms with Crippen LogP contribution in [0.3, 0.4) is 0 Å². The van der Waals surface area contributed by atoms with E-state index in [1.165, 1.54) is 0 Å². The highest BCUT2D eigenvalue weighted by Gasteiger charge is 2.41. The third-order valence-corrected chi connectivity index (χ3v) is 4.36. The van der Waals surface area contributed by atoms with Gasteiger partial charge in [0.05, 0.1) is 6.04 Å². The number of likely N-dealkylation sites (tertiary alicyclic amines) is 1. The van der Waals surface area contributed by atoms with Gasteiger partial charge in [0.25, 0.3) is 0 Å². The molecule has 4 nitrogen and oxygen atoms in total. The molecule has 1 aliphatic heterocycles. The van der Waals surface area contributed by atoms with Crippen molar-refractivity contribution in [3.8, 4) is 0 Å². The quantitative estimate of drug-likeness (QED) is 0.909. The fourth-order valence-electron chi connectivity index (χ4n) is 2.92. The molecule has 0 spiro atoms. The molecular weight excluding hydrogens is 306 g/mol. The lowest BCUT2D eigenvalue weighted by atomic mass is 9.97. The molecule has 2 aliphatic rings. The van der Waals surface area contributed by atoms with Crippen molar-refractivity contribution in [1.29, 1.82) is 0 Å². The molecule has 1 aromatic heterocycles. The van der Waals surface area contributed by atoms with Crippen molar-refractivity contribution in [3.05, 3.63) is 28.5 Å². The number of nitrogens with two attached hydrogens (primary N) is 1. The van der Waals surface area contributed by atoms with E-state index in [4.69, 9.17) is 5.73 Å². The van der Waals surface area contributed by atoms with Gasteiger partial charge < -0.3 is 10.6 Å². The molecule has 19 heavy (non-hydrogen) atoms. The van der Waals surface area contributed by atoms with Crippen LogP contribution in [0.25, 0.3) is 0 Å². The summed E-state index contributed by atoms with van der Waals surface area (Å²) in [4.78, 5) is 18.6. The molecule has 2 N–H and O–H groups in total. The van der Waals surface area contributed by atoms with Crippen molar-refractivity contribution in [2.75, 3.05) is 0 Å². The van der Waals surface area contributed by atoms with Crippen LogP contribution in [0.2, 0.25) is 0 Å². The number of aromatic nitrogens is 1. The fourth-order valence-corrected chi connectivity index (χ4v) is 3.30. The van der Waals surface area contributed by atoms with Crippen LogP contribution in [0.4, 0.5) is 0 Å². The van der Waals surface area contributed by atoms with Crippen molar-refractivity contribution in [3.63, 3.8) is 0 Å². The average Bonchev–Trinajstić information content (AvgIpc) is 3.18. The highest BCUT2D eigenvalue weighted by Crippen LogP contribution is 2.39. The Hall–Kier alpha value is -0.940. The third kappa shape index (κ3) is 2.67. The van der Waals surface area contributed by atoms with E-state index in [2.05, 4.69) is 20.9 Å². The first kappa shape index (κ1) is 13.1. The maximum absolute atomic E-state index is 12.3. The highest BCUT2D eigenvalue weighted by atomic mass is 79.9. The van der Waals surface area contributed by atoms with E-state index in [9.17, 15) is 4.79 Å². The second-order valence-electron chi connectivity index (χ2n) is 5.47. The lowest BCUT2D eigenvalue weighted by molar-refractivity contribution is -0.133. The Balaban J connectivity index is 1.99. The first-order valence-corrected chi connectivity index (χ1v) is 7.63. The van der Waals surface area contributed by atoms with Gasteiger partial charge in [0, 0.05) is 35.4 Å². The molecule has 1 saturated heterocycles. The van der Waals surface area contributed by atoms with E-state index in [1.807, 2.05) is 17.2 Å². The summed E-state index contributed by atoms with van der Waals surface area (Å²) in [5.41, 5.74) is 7.39. The molecule has 1 aromatic rings. The Kier molecular flexibility index (Phi) is 3.58. The Morgan fingerprint density at radius 3 is 2.79 bits per heavy atom. The van der Waals surface area contributed by atoms with Gasteiger partial charge in [0.15, 0.2) is 0 Å². The van der Waals surface area contributed by atoms with Crippen molar-refractivity contribution >= 4 is 21.8 Å². The minimum atomic E-state index is -0.0208. The van der Waals surface area contributed by atoms with Crippen molar-refractivity contribution in [2.24, 2.45) is 5.73 Å². The van der Waals surface area contributed by atoms with Gasteiger partial charge in [-0.1, -0.05) is 0 Å². The summed E-state index contributed by atoms with van der Waals surface area (Å²) in [7, 11) is 0. The number of halogens is 1. The van der Waals surface area contributed by atoms with Gasteiger partial charge in [-0.2, -0.15) is 0 Å². The molecule has 1 aliphatic carbocycles. The van der Waals surface area contributed by atoms with Crippen LogP contribution in [0.5, 0.6) is 0 Å². The van der Waals surface area contributed by atoms with Crippen LogP contribution < -0.4 is 5.73 Å². The molecule has 1 saturated carbocycles. The van der Waals surface area contributed by atoms with Crippen molar-refractivity contribution in [2.45, 2.75) is 50.2 Å². The van der Waals surface area contributed by atoms with E-state index in [0.717, 1.165) is 35.7 Å². The maximum atomic E-state index is 12.3. The van der Waals surface area contributed by atoms with Gasteiger partial charge in [-0.25, -0.2) is 0 Å². The second kappa shape index (κ2) is 5.21. The highest BCUT2D eigenvalue weighted by molar-refractivity contribution is 9.10. The summed E-state index contributed by atoms with van der Waals surface area (Å²) in [6.45, 7) is 0. The zero-order chi connectivity index (χ0) is 13.4. The summed E-state index contributed by atoms with van der Waals surface area (Å²) in [6, 6.07) is 2.40. The normalized spacial score (nSPS) is 28.3. The second-order valence-corrected chi connectivity index (χ2v) is 6.39. The Labute approximate surface area is 121 Å². The zero-order valence-corrected chi connectivity index (χ0v) is 12.3. The molecular formula is C14H18BrN3O. The van der Waals surface area contributed by atoms with Crippen LogP contribution in [-0.2, 0) is 4.79 Å². The minimum Gasteiger partial charge on any atom is -0.331 e. The van der Waals surface area contributed by atoms with Crippen molar-refractivity contribution < 1.29 is 4.79 Å². The molecule has 2 heterocycles. The van der Waals surface area contributed by atoms with E-state index in [-0.39, 0.29) is 18.0 Å². The molecule has 0 aromatic carbocycles. The minimum absolute atomic E-state index is 0.00292. The predicted molar refractivity (Wildman–Crippen MR) is 76.4 cm³/mol. The number of carbonyl (C=O) groups is 1. The number of nitrogens with zero attached hydrogens (tertiary/aromatic N) is 2. The SMILES string of the molecule is NC1CCCC(=O)N(C2CC2)C1c1cncc(Br)c1. The Morgan fingerprint density at radius 2 is 2.11 bits per heavy atom. The fraction of sp³-hybridized carbons (Fsp3) is 0.571. The summed E-state index contributed by atoms with van der Waals surface area (Å²) < 4.78 is 0.935. The average molecular weight is 324 g/mol. The van der Waals surface area contributed by atoms with Gasteiger partial charge in [-0.05, 0) is 53.2 Å². The summed E-state index contributed by atoms with van der Waals surface area (Å²) >= 11 is 3.45. The van der Waals surface area contributed by atoms with Crippen LogP contribution >= 0.6 is 15.9 Å². The molecule has 102 valence electrons. The first-order chi connectivity index (χ1) is 9.16. The summed E-state index contributed by atoms with van der Waals surface area (Å²) in [5.74, 6) is 0.250. The number of amides is 1. The molecule has 2 fully saturated rings. The van der Waals surface area contributed by atoms with Crippen LogP contribution in [0.15, 0.2) is 22.9 Å². The number of carbonyl (C=O) groups excluding carboxylic acids is 1. The van der Waals surface area contributed by atoms with Gasteiger partial charge in [0.1, 0.15) is 0 Å². The van der Waals surface area contributed by atoms with Gasteiger partial charge >= 0.3 is 0 Å². The summed E-state index contributed by atoms with van der Waals surface area (Å²) in [6.07, 6.45) is 8.22. The lowest BCUT2D eigenvalue weighted by Gasteiger charge is -2.34. The van der Waals surface area contributed by atoms with Crippen LogP contribution in [0, 0.1) is 0 Å². The molecule has 5 heteroatoms. The monoisotopic (exact) mass is 323 g/mol. The third-order valence-electron chi connectivity index (χ3n) is 3.93. The van der Waals surface area contributed by atoms with E-state index in [0.29, 0.717) is 12.5 Å². The van der Waals surface area contributed by atoms with E-state index >= 15 is 0 Å². The number of pyridine rings is 1. The lowest BCUT2D eigenvalue weighted by Crippen LogP contribution is -2.43. The molecule has 3 rings (SSSR count). The largest absolute Gasteiger partial charge is 0.331 e. The van der Waals surface area contributed by atoms with Gasteiger partial charge in [-0.15, -0.1) is 0 Å².